The van der Waals surface area contributed by atoms with Crippen LogP contribution in [0.3, 0.4) is 0 Å². The number of nitrogens with zero attached hydrogens (tertiary/aromatic N) is 4. The normalized spacial score (nSPS) is 21.0. The number of primary amides is 1. The standard InChI is InChI=1S/C18H27N5O3/c1-14(11-23-8-2-7-20-23)17(26)21-9-5-18(6-10-21)4-3-16(25)22(13-18)12-15(19)24/h2,7-8,14H,3-6,9-13H2,1H3,(H2,19,24). The number of likely N-dealkylation sites (tertiary alicyclic amines) is 2. The molecule has 3 heterocycles. The van der Waals surface area contributed by atoms with E-state index in [0.29, 0.717) is 32.6 Å². The van der Waals surface area contributed by atoms with Gasteiger partial charge in [0.25, 0.3) is 0 Å². The number of hydrogen-bond donors (Lipinski definition) is 1. The molecule has 2 aliphatic heterocycles. The lowest BCUT2D eigenvalue weighted by atomic mass is 9.72. The van der Waals surface area contributed by atoms with E-state index in [1.54, 1.807) is 15.8 Å². The molecule has 3 amide bonds. The lowest BCUT2D eigenvalue weighted by molar-refractivity contribution is -0.145. The molecular weight excluding hydrogens is 334 g/mol. The van der Waals surface area contributed by atoms with Crippen LogP contribution in [0.4, 0.5) is 0 Å². The number of piperidine rings is 2. The molecule has 142 valence electrons. The summed E-state index contributed by atoms with van der Waals surface area (Å²) in [5, 5.41) is 4.16. The molecule has 1 spiro atoms. The number of rotatable bonds is 5. The van der Waals surface area contributed by atoms with E-state index < -0.39 is 5.91 Å². The van der Waals surface area contributed by atoms with Crippen molar-refractivity contribution < 1.29 is 14.4 Å². The Balaban J connectivity index is 1.55. The van der Waals surface area contributed by atoms with Crippen LogP contribution < -0.4 is 5.73 Å². The molecule has 0 bridgehead atoms. The zero-order valence-corrected chi connectivity index (χ0v) is 15.3. The molecule has 1 atom stereocenters. The maximum absolute atomic E-state index is 12.7. The summed E-state index contributed by atoms with van der Waals surface area (Å²) in [7, 11) is 0. The minimum absolute atomic E-state index is 0.000718. The van der Waals surface area contributed by atoms with Crippen molar-refractivity contribution in [1.82, 2.24) is 19.6 Å². The molecule has 2 aliphatic rings. The number of amides is 3. The highest BCUT2D eigenvalue weighted by Gasteiger charge is 2.42. The highest BCUT2D eigenvalue weighted by Crippen LogP contribution is 2.40. The van der Waals surface area contributed by atoms with E-state index in [0.717, 1.165) is 19.3 Å². The Kier molecular flexibility index (Phi) is 5.29. The van der Waals surface area contributed by atoms with Crippen LogP contribution in [0.15, 0.2) is 18.5 Å². The molecule has 0 radical (unpaired) electrons. The Bertz CT molecular complexity index is 664. The third-order valence-corrected chi connectivity index (χ3v) is 5.67. The highest BCUT2D eigenvalue weighted by molar-refractivity contribution is 5.84. The molecule has 1 aromatic rings. The van der Waals surface area contributed by atoms with Gasteiger partial charge in [-0.3, -0.25) is 19.1 Å². The lowest BCUT2D eigenvalue weighted by Gasteiger charge is -2.47. The second-order valence-electron chi connectivity index (χ2n) is 7.67. The van der Waals surface area contributed by atoms with Crippen molar-refractivity contribution in [3.63, 3.8) is 0 Å². The van der Waals surface area contributed by atoms with Gasteiger partial charge in [0.15, 0.2) is 0 Å². The van der Waals surface area contributed by atoms with E-state index in [9.17, 15) is 14.4 Å². The van der Waals surface area contributed by atoms with Crippen LogP contribution in [-0.4, -0.2) is 63.5 Å². The summed E-state index contributed by atoms with van der Waals surface area (Å²) < 4.78 is 1.78. The van der Waals surface area contributed by atoms with Crippen LogP contribution in [0.2, 0.25) is 0 Å². The molecule has 0 aromatic carbocycles. The molecule has 2 N–H and O–H groups in total. The van der Waals surface area contributed by atoms with Crippen LogP contribution in [0.5, 0.6) is 0 Å². The average Bonchev–Trinajstić information content (AvgIpc) is 3.11. The van der Waals surface area contributed by atoms with Crippen molar-refractivity contribution in [2.75, 3.05) is 26.2 Å². The van der Waals surface area contributed by atoms with E-state index in [-0.39, 0.29) is 29.7 Å². The highest BCUT2D eigenvalue weighted by atomic mass is 16.2. The number of carbonyl (C=O) groups is 3. The molecule has 0 aliphatic carbocycles. The quantitative estimate of drug-likeness (QED) is 0.811. The first-order valence-electron chi connectivity index (χ1n) is 9.21. The van der Waals surface area contributed by atoms with Crippen LogP contribution in [0.1, 0.15) is 32.6 Å². The number of nitrogens with two attached hydrogens (primary N) is 1. The maximum atomic E-state index is 12.7. The monoisotopic (exact) mass is 361 g/mol. The van der Waals surface area contributed by atoms with Crippen LogP contribution in [0, 0.1) is 11.3 Å². The van der Waals surface area contributed by atoms with Gasteiger partial charge in [-0.05, 0) is 30.7 Å². The Morgan fingerprint density at radius 3 is 2.65 bits per heavy atom. The van der Waals surface area contributed by atoms with Crippen molar-refractivity contribution in [3.8, 4) is 0 Å². The fourth-order valence-corrected chi connectivity index (χ4v) is 4.12. The van der Waals surface area contributed by atoms with E-state index >= 15 is 0 Å². The topological polar surface area (TPSA) is 102 Å². The van der Waals surface area contributed by atoms with Gasteiger partial charge in [-0.15, -0.1) is 0 Å². The van der Waals surface area contributed by atoms with E-state index in [1.807, 2.05) is 24.1 Å². The molecule has 2 fully saturated rings. The van der Waals surface area contributed by atoms with Crippen molar-refractivity contribution in [3.05, 3.63) is 18.5 Å². The summed E-state index contributed by atoms with van der Waals surface area (Å²) in [4.78, 5) is 39.4. The van der Waals surface area contributed by atoms with Gasteiger partial charge in [-0.1, -0.05) is 6.92 Å². The predicted octanol–water partition coefficient (Wildman–Crippen LogP) is 0.236. The largest absolute Gasteiger partial charge is 0.368 e. The Hall–Kier alpha value is -2.38. The molecule has 3 rings (SSSR count). The molecule has 2 saturated heterocycles. The number of aromatic nitrogens is 2. The van der Waals surface area contributed by atoms with Crippen LogP contribution >= 0.6 is 0 Å². The summed E-state index contributed by atoms with van der Waals surface area (Å²) in [6.07, 6.45) is 6.57. The molecule has 8 nitrogen and oxygen atoms in total. The smallest absolute Gasteiger partial charge is 0.237 e. The first-order valence-corrected chi connectivity index (χ1v) is 9.21. The zero-order valence-electron chi connectivity index (χ0n) is 15.3. The number of hydrogen-bond acceptors (Lipinski definition) is 4. The zero-order chi connectivity index (χ0) is 18.7. The van der Waals surface area contributed by atoms with Gasteiger partial charge in [0.2, 0.25) is 17.7 Å². The summed E-state index contributed by atoms with van der Waals surface area (Å²) in [5.74, 6) is -0.448. The average molecular weight is 361 g/mol. The molecular formula is C18H27N5O3. The van der Waals surface area contributed by atoms with Gasteiger partial charge in [0.05, 0.1) is 19.0 Å². The minimum Gasteiger partial charge on any atom is -0.368 e. The van der Waals surface area contributed by atoms with Crippen molar-refractivity contribution in [2.24, 2.45) is 17.1 Å². The Morgan fingerprint density at radius 1 is 1.31 bits per heavy atom. The lowest BCUT2D eigenvalue weighted by Crippen LogP contribution is -2.54. The summed E-state index contributed by atoms with van der Waals surface area (Å²) >= 11 is 0. The van der Waals surface area contributed by atoms with Crippen molar-refractivity contribution >= 4 is 17.7 Å². The van der Waals surface area contributed by atoms with Gasteiger partial charge >= 0.3 is 0 Å². The third kappa shape index (κ3) is 4.05. The maximum Gasteiger partial charge on any atom is 0.237 e. The van der Waals surface area contributed by atoms with Gasteiger partial charge < -0.3 is 15.5 Å². The van der Waals surface area contributed by atoms with Gasteiger partial charge in [-0.2, -0.15) is 5.10 Å². The summed E-state index contributed by atoms with van der Waals surface area (Å²) in [5.41, 5.74) is 5.27. The fraction of sp³-hybridized carbons (Fsp3) is 0.667. The van der Waals surface area contributed by atoms with Gasteiger partial charge in [-0.25, -0.2) is 0 Å². The second-order valence-corrected chi connectivity index (χ2v) is 7.67. The SMILES string of the molecule is CC(Cn1cccn1)C(=O)N1CCC2(CCC(=O)N(CC(N)=O)C2)CC1. The van der Waals surface area contributed by atoms with E-state index in [4.69, 9.17) is 5.73 Å². The molecule has 1 unspecified atom stereocenters. The summed E-state index contributed by atoms with van der Waals surface area (Å²) in [6.45, 7) is 4.46. The van der Waals surface area contributed by atoms with E-state index in [2.05, 4.69) is 5.10 Å². The second kappa shape index (κ2) is 7.47. The number of carbonyl (C=O) groups excluding carboxylic acids is 3. The molecule has 0 saturated carbocycles. The molecule has 8 heteroatoms. The molecule has 1 aromatic heterocycles. The van der Waals surface area contributed by atoms with Gasteiger partial charge in [0, 0.05) is 38.4 Å². The van der Waals surface area contributed by atoms with E-state index in [1.165, 1.54) is 0 Å². The third-order valence-electron chi connectivity index (χ3n) is 5.67. The van der Waals surface area contributed by atoms with Crippen molar-refractivity contribution in [2.45, 2.75) is 39.2 Å². The Labute approximate surface area is 153 Å². The Morgan fingerprint density at radius 2 is 2.04 bits per heavy atom. The first kappa shape index (κ1) is 18.4. The first-order chi connectivity index (χ1) is 12.4. The van der Waals surface area contributed by atoms with Crippen LogP contribution in [-0.2, 0) is 20.9 Å². The van der Waals surface area contributed by atoms with Crippen LogP contribution in [0.25, 0.3) is 0 Å². The fourth-order valence-electron chi connectivity index (χ4n) is 4.12. The van der Waals surface area contributed by atoms with Crippen molar-refractivity contribution in [1.29, 1.82) is 0 Å². The van der Waals surface area contributed by atoms with Gasteiger partial charge in [0.1, 0.15) is 0 Å². The minimum atomic E-state index is -0.476. The summed E-state index contributed by atoms with van der Waals surface area (Å²) in [6, 6.07) is 1.85. The predicted molar refractivity (Wildman–Crippen MR) is 94.6 cm³/mol. The molecule has 26 heavy (non-hydrogen) atoms.